The second-order valence-electron chi connectivity index (χ2n) is 6.43. The lowest BCUT2D eigenvalue weighted by atomic mass is 10.0. The van der Waals surface area contributed by atoms with Crippen molar-refractivity contribution in [2.45, 2.75) is 39.2 Å². The first kappa shape index (κ1) is 18.5. The highest BCUT2D eigenvalue weighted by molar-refractivity contribution is 5.98. The number of ether oxygens (including phenoxy) is 1. The number of carbonyl (C=O) groups is 1. The minimum absolute atomic E-state index is 0.0684. The highest BCUT2D eigenvalue weighted by Crippen LogP contribution is 2.30. The number of nitrogen functional groups attached to an aromatic ring is 2. The van der Waals surface area contributed by atoms with Crippen molar-refractivity contribution in [2.24, 2.45) is 0 Å². The van der Waals surface area contributed by atoms with Gasteiger partial charge in [0.05, 0.1) is 30.6 Å². The standard InChI is InChI=1S/C18H30N4O2/c1-4-5-6-14-11-15(19)16(20)12-17(14)21(3)18(23)13(2)22-7-9-24-10-8-22/h11-13H,4-10,19-20H2,1-3H3. The zero-order valence-corrected chi connectivity index (χ0v) is 15.0. The Labute approximate surface area is 144 Å². The number of nitrogens with zero attached hydrogens (tertiary/aromatic N) is 2. The van der Waals surface area contributed by atoms with Crippen LogP contribution in [0.4, 0.5) is 17.1 Å². The lowest BCUT2D eigenvalue weighted by molar-refractivity contribution is -0.124. The van der Waals surface area contributed by atoms with Gasteiger partial charge in [0.15, 0.2) is 0 Å². The van der Waals surface area contributed by atoms with Crippen LogP contribution in [0.25, 0.3) is 0 Å². The van der Waals surface area contributed by atoms with Crippen LogP contribution in [-0.2, 0) is 16.0 Å². The Balaban J connectivity index is 2.21. The van der Waals surface area contributed by atoms with Gasteiger partial charge in [-0.3, -0.25) is 9.69 Å². The first-order valence-electron chi connectivity index (χ1n) is 8.73. The summed E-state index contributed by atoms with van der Waals surface area (Å²) in [4.78, 5) is 16.8. The Morgan fingerprint density at radius 3 is 2.54 bits per heavy atom. The molecule has 4 N–H and O–H groups in total. The maximum Gasteiger partial charge on any atom is 0.243 e. The van der Waals surface area contributed by atoms with Gasteiger partial charge in [0.1, 0.15) is 0 Å². The van der Waals surface area contributed by atoms with Crippen LogP contribution < -0.4 is 16.4 Å². The summed E-state index contributed by atoms with van der Waals surface area (Å²) < 4.78 is 5.37. The highest BCUT2D eigenvalue weighted by Gasteiger charge is 2.27. The fraction of sp³-hybridized carbons (Fsp3) is 0.611. The molecule has 134 valence electrons. The number of rotatable bonds is 6. The molecule has 0 aromatic heterocycles. The van der Waals surface area contributed by atoms with Gasteiger partial charge in [-0.2, -0.15) is 0 Å². The third-order valence-electron chi connectivity index (χ3n) is 4.73. The van der Waals surface area contributed by atoms with Crippen LogP contribution in [0.15, 0.2) is 12.1 Å². The number of amides is 1. The third kappa shape index (κ3) is 4.19. The second-order valence-corrected chi connectivity index (χ2v) is 6.43. The van der Waals surface area contributed by atoms with E-state index in [9.17, 15) is 4.79 Å². The van der Waals surface area contributed by atoms with Crippen LogP contribution in [0.3, 0.4) is 0 Å². The van der Waals surface area contributed by atoms with Crippen molar-refractivity contribution in [3.63, 3.8) is 0 Å². The lowest BCUT2D eigenvalue weighted by Gasteiger charge is -2.34. The van der Waals surface area contributed by atoms with Crippen molar-refractivity contribution in [1.29, 1.82) is 0 Å². The Hall–Kier alpha value is -1.79. The Morgan fingerprint density at radius 1 is 1.29 bits per heavy atom. The number of nitrogens with two attached hydrogens (primary N) is 2. The van der Waals surface area contributed by atoms with Gasteiger partial charge in [-0.1, -0.05) is 13.3 Å². The van der Waals surface area contributed by atoms with Crippen LogP contribution in [0.5, 0.6) is 0 Å². The zero-order valence-electron chi connectivity index (χ0n) is 15.0. The highest BCUT2D eigenvalue weighted by atomic mass is 16.5. The largest absolute Gasteiger partial charge is 0.397 e. The Bertz CT molecular complexity index is 570. The quantitative estimate of drug-likeness (QED) is 0.776. The number of benzene rings is 1. The lowest BCUT2D eigenvalue weighted by Crippen LogP contribution is -2.50. The molecule has 1 heterocycles. The molecule has 0 spiro atoms. The summed E-state index contributed by atoms with van der Waals surface area (Å²) >= 11 is 0. The van der Waals surface area contributed by atoms with E-state index in [0.717, 1.165) is 43.6 Å². The van der Waals surface area contributed by atoms with Crippen LogP contribution in [0.1, 0.15) is 32.3 Å². The predicted octanol–water partition coefficient (Wildman–Crippen LogP) is 1.88. The molecule has 0 saturated carbocycles. The number of hydrogen-bond donors (Lipinski definition) is 2. The molecular formula is C18H30N4O2. The van der Waals surface area contributed by atoms with E-state index >= 15 is 0 Å². The van der Waals surface area contributed by atoms with E-state index in [1.165, 1.54) is 0 Å². The number of morpholine rings is 1. The number of carbonyl (C=O) groups excluding carboxylic acids is 1. The SMILES string of the molecule is CCCCc1cc(N)c(N)cc1N(C)C(=O)C(C)N1CCOCC1. The zero-order chi connectivity index (χ0) is 17.7. The molecule has 1 unspecified atom stereocenters. The number of likely N-dealkylation sites (N-methyl/N-ethyl adjacent to an activating group) is 1. The topological polar surface area (TPSA) is 84.8 Å². The molecule has 24 heavy (non-hydrogen) atoms. The minimum atomic E-state index is -0.184. The summed E-state index contributed by atoms with van der Waals surface area (Å²) in [5.41, 5.74) is 15.0. The average molecular weight is 334 g/mol. The van der Waals surface area contributed by atoms with E-state index in [-0.39, 0.29) is 11.9 Å². The van der Waals surface area contributed by atoms with Crippen molar-refractivity contribution >= 4 is 23.0 Å². The first-order valence-corrected chi connectivity index (χ1v) is 8.73. The van der Waals surface area contributed by atoms with E-state index in [0.29, 0.717) is 24.6 Å². The molecule has 1 saturated heterocycles. The van der Waals surface area contributed by atoms with Crippen LogP contribution in [-0.4, -0.2) is 50.2 Å². The van der Waals surface area contributed by atoms with Gasteiger partial charge in [-0.15, -0.1) is 0 Å². The monoisotopic (exact) mass is 334 g/mol. The molecule has 0 aliphatic carbocycles. The summed E-state index contributed by atoms with van der Waals surface area (Å²) in [6.45, 7) is 7.03. The van der Waals surface area contributed by atoms with Crippen molar-refractivity contribution in [3.8, 4) is 0 Å². The van der Waals surface area contributed by atoms with E-state index in [1.54, 1.807) is 4.90 Å². The van der Waals surface area contributed by atoms with E-state index in [4.69, 9.17) is 16.2 Å². The van der Waals surface area contributed by atoms with Gasteiger partial charge >= 0.3 is 0 Å². The summed E-state index contributed by atoms with van der Waals surface area (Å²) in [5, 5.41) is 0. The summed E-state index contributed by atoms with van der Waals surface area (Å²) in [6, 6.07) is 3.55. The van der Waals surface area contributed by atoms with Crippen molar-refractivity contribution in [2.75, 3.05) is 49.7 Å². The molecule has 0 radical (unpaired) electrons. The normalized spacial score (nSPS) is 16.8. The summed E-state index contributed by atoms with van der Waals surface area (Å²) in [5.74, 6) is 0.0684. The summed E-state index contributed by atoms with van der Waals surface area (Å²) in [6.07, 6.45) is 3.03. The van der Waals surface area contributed by atoms with Gasteiger partial charge in [0, 0.05) is 25.8 Å². The van der Waals surface area contributed by atoms with E-state index < -0.39 is 0 Å². The maximum absolute atomic E-state index is 12.9. The Morgan fingerprint density at radius 2 is 1.92 bits per heavy atom. The van der Waals surface area contributed by atoms with Crippen LogP contribution in [0.2, 0.25) is 0 Å². The van der Waals surface area contributed by atoms with Crippen molar-refractivity contribution in [3.05, 3.63) is 17.7 Å². The average Bonchev–Trinajstić information content (AvgIpc) is 2.61. The van der Waals surface area contributed by atoms with Gasteiger partial charge in [0.25, 0.3) is 0 Å². The number of unbranched alkanes of at least 4 members (excludes halogenated alkanes) is 1. The van der Waals surface area contributed by atoms with Crippen molar-refractivity contribution < 1.29 is 9.53 Å². The number of hydrogen-bond acceptors (Lipinski definition) is 5. The number of anilines is 3. The summed E-state index contributed by atoms with van der Waals surface area (Å²) in [7, 11) is 1.82. The van der Waals surface area contributed by atoms with Gasteiger partial charge in [-0.05, 0) is 37.5 Å². The van der Waals surface area contributed by atoms with Gasteiger partial charge in [-0.25, -0.2) is 0 Å². The molecule has 2 rings (SSSR count). The molecule has 1 atom stereocenters. The third-order valence-corrected chi connectivity index (χ3v) is 4.73. The molecule has 1 aliphatic heterocycles. The molecule has 1 fully saturated rings. The van der Waals surface area contributed by atoms with Gasteiger partial charge < -0.3 is 21.1 Å². The van der Waals surface area contributed by atoms with Crippen LogP contribution in [0, 0.1) is 0 Å². The minimum Gasteiger partial charge on any atom is -0.397 e. The van der Waals surface area contributed by atoms with E-state index in [2.05, 4.69) is 11.8 Å². The molecular weight excluding hydrogens is 304 g/mol. The fourth-order valence-electron chi connectivity index (χ4n) is 3.07. The fourth-order valence-corrected chi connectivity index (χ4v) is 3.07. The molecule has 1 aliphatic rings. The molecule has 1 aromatic carbocycles. The van der Waals surface area contributed by atoms with E-state index in [1.807, 2.05) is 26.1 Å². The molecule has 6 nitrogen and oxygen atoms in total. The number of aryl methyl sites for hydroxylation is 1. The molecule has 6 heteroatoms. The molecule has 1 aromatic rings. The molecule has 0 bridgehead atoms. The smallest absolute Gasteiger partial charge is 0.243 e. The maximum atomic E-state index is 12.9. The van der Waals surface area contributed by atoms with Gasteiger partial charge in [0.2, 0.25) is 5.91 Å². The predicted molar refractivity (Wildman–Crippen MR) is 99.1 cm³/mol. The Kier molecular flexibility index (Phi) is 6.45. The van der Waals surface area contributed by atoms with Crippen LogP contribution >= 0.6 is 0 Å². The molecule has 1 amide bonds. The van der Waals surface area contributed by atoms with Crippen molar-refractivity contribution in [1.82, 2.24) is 4.90 Å². The second kappa shape index (κ2) is 8.35. The first-order chi connectivity index (χ1) is 11.5.